The van der Waals surface area contributed by atoms with Crippen LogP contribution in [0.5, 0.6) is 5.75 Å². The van der Waals surface area contributed by atoms with E-state index in [1.54, 1.807) is 6.20 Å². The highest BCUT2D eigenvalue weighted by molar-refractivity contribution is 5.76. The first-order valence-electron chi connectivity index (χ1n) is 8.47. The van der Waals surface area contributed by atoms with Crippen LogP contribution in [0.2, 0.25) is 0 Å². The molecule has 0 N–H and O–H groups in total. The number of piperidine rings is 1. The number of para-hydroxylation sites is 1. The van der Waals surface area contributed by atoms with Gasteiger partial charge in [-0.25, -0.2) is 9.97 Å². The minimum Gasteiger partial charge on any atom is -0.493 e. The molecule has 1 aromatic carbocycles. The molecule has 5 nitrogen and oxygen atoms in total. The number of carbonyl (C=O) groups is 1. The van der Waals surface area contributed by atoms with E-state index in [1.165, 1.54) is 0 Å². The standard InChI is InChI=1S/C19H23N3O2/c1-15-20-11-9-18(21-15)16-6-5-12-22(14-16)19(23)10-13-24-17-7-3-2-4-8-17/h2-4,7-9,11,16H,5-6,10,12-14H2,1H3. The topological polar surface area (TPSA) is 55.3 Å². The number of benzene rings is 1. The smallest absolute Gasteiger partial charge is 0.226 e. The van der Waals surface area contributed by atoms with E-state index in [9.17, 15) is 4.79 Å². The van der Waals surface area contributed by atoms with E-state index in [2.05, 4.69) is 9.97 Å². The summed E-state index contributed by atoms with van der Waals surface area (Å²) in [5.74, 6) is 2.05. The quantitative estimate of drug-likeness (QED) is 0.848. The van der Waals surface area contributed by atoms with Crippen molar-refractivity contribution in [1.82, 2.24) is 14.9 Å². The Morgan fingerprint density at radius 2 is 2.12 bits per heavy atom. The van der Waals surface area contributed by atoms with Crippen molar-refractivity contribution in [2.24, 2.45) is 0 Å². The third kappa shape index (κ3) is 4.31. The molecule has 1 fully saturated rings. The van der Waals surface area contributed by atoms with Gasteiger partial charge in [0.2, 0.25) is 5.91 Å². The van der Waals surface area contributed by atoms with Crippen LogP contribution in [-0.2, 0) is 4.79 Å². The van der Waals surface area contributed by atoms with Crippen molar-refractivity contribution in [3.63, 3.8) is 0 Å². The molecule has 24 heavy (non-hydrogen) atoms. The predicted octanol–water partition coefficient (Wildman–Crippen LogP) is 2.96. The first-order valence-corrected chi connectivity index (χ1v) is 8.47. The van der Waals surface area contributed by atoms with Crippen molar-refractivity contribution in [2.75, 3.05) is 19.7 Å². The molecule has 0 spiro atoms. The van der Waals surface area contributed by atoms with Gasteiger partial charge < -0.3 is 9.64 Å². The van der Waals surface area contributed by atoms with Gasteiger partial charge in [-0.05, 0) is 38.0 Å². The van der Waals surface area contributed by atoms with Gasteiger partial charge in [-0.15, -0.1) is 0 Å². The minimum absolute atomic E-state index is 0.154. The van der Waals surface area contributed by atoms with Gasteiger partial charge in [-0.1, -0.05) is 18.2 Å². The Bertz CT molecular complexity index is 675. The lowest BCUT2D eigenvalue weighted by Gasteiger charge is -2.32. The van der Waals surface area contributed by atoms with E-state index >= 15 is 0 Å². The average Bonchev–Trinajstić information content (AvgIpc) is 2.63. The number of aromatic nitrogens is 2. The molecule has 2 heterocycles. The molecule has 1 saturated heterocycles. The van der Waals surface area contributed by atoms with Gasteiger partial charge in [0, 0.05) is 30.9 Å². The third-order valence-electron chi connectivity index (χ3n) is 4.32. The Kier molecular flexibility index (Phi) is 5.41. The Hall–Kier alpha value is -2.43. The fourth-order valence-corrected chi connectivity index (χ4v) is 3.08. The molecule has 3 rings (SSSR count). The molecule has 1 unspecified atom stereocenters. The number of likely N-dealkylation sites (tertiary alicyclic amines) is 1. The Balaban J connectivity index is 1.51. The highest BCUT2D eigenvalue weighted by atomic mass is 16.5. The zero-order chi connectivity index (χ0) is 16.8. The monoisotopic (exact) mass is 325 g/mol. The zero-order valence-electron chi connectivity index (χ0n) is 14.0. The molecule has 1 aliphatic heterocycles. The van der Waals surface area contributed by atoms with Gasteiger partial charge in [0.05, 0.1) is 13.0 Å². The maximum absolute atomic E-state index is 12.4. The van der Waals surface area contributed by atoms with Gasteiger partial charge in [0.1, 0.15) is 11.6 Å². The fraction of sp³-hybridized carbons (Fsp3) is 0.421. The van der Waals surface area contributed by atoms with Crippen LogP contribution in [0.25, 0.3) is 0 Å². The summed E-state index contributed by atoms with van der Waals surface area (Å²) in [4.78, 5) is 23.1. The SMILES string of the molecule is Cc1nccc(C2CCCN(C(=O)CCOc3ccccc3)C2)n1. The Morgan fingerprint density at radius 3 is 2.92 bits per heavy atom. The number of hydrogen-bond acceptors (Lipinski definition) is 4. The predicted molar refractivity (Wildman–Crippen MR) is 91.9 cm³/mol. The molecule has 0 bridgehead atoms. The van der Waals surface area contributed by atoms with E-state index in [1.807, 2.05) is 48.2 Å². The molecule has 2 aromatic rings. The zero-order valence-corrected chi connectivity index (χ0v) is 14.0. The van der Waals surface area contributed by atoms with Crippen molar-refractivity contribution in [3.8, 4) is 5.75 Å². The van der Waals surface area contributed by atoms with Crippen molar-refractivity contribution < 1.29 is 9.53 Å². The Labute approximate surface area is 142 Å². The summed E-state index contributed by atoms with van der Waals surface area (Å²) < 4.78 is 5.63. The second-order valence-corrected chi connectivity index (χ2v) is 6.12. The maximum Gasteiger partial charge on any atom is 0.226 e. The highest BCUT2D eigenvalue weighted by Crippen LogP contribution is 2.25. The lowest BCUT2D eigenvalue weighted by molar-refractivity contribution is -0.132. The summed E-state index contributed by atoms with van der Waals surface area (Å²) in [6.07, 6.45) is 4.29. The van der Waals surface area contributed by atoms with Crippen LogP contribution in [0.1, 0.15) is 36.7 Å². The number of rotatable bonds is 5. The Morgan fingerprint density at radius 1 is 1.29 bits per heavy atom. The number of nitrogens with zero attached hydrogens (tertiary/aromatic N) is 3. The molecule has 0 aliphatic carbocycles. The molecule has 1 aliphatic rings. The largest absolute Gasteiger partial charge is 0.493 e. The summed E-state index contributed by atoms with van der Waals surface area (Å²) in [5.41, 5.74) is 1.04. The number of amides is 1. The number of carbonyl (C=O) groups excluding carboxylic acids is 1. The van der Waals surface area contributed by atoms with Gasteiger partial charge in [-0.3, -0.25) is 4.79 Å². The van der Waals surface area contributed by atoms with Crippen molar-refractivity contribution in [3.05, 3.63) is 54.1 Å². The minimum atomic E-state index is 0.154. The summed E-state index contributed by atoms with van der Waals surface area (Å²) >= 11 is 0. The first-order chi connectivity index (χ1) is 11.7. The molecule has 1 amide bonds. The molecule has 0 radical (unpaired) electrons. The van der Waals surface area contributed by atoms with Gasteiger partial charge >= 0.3 is 0 Å². The van der Waals surface area contributed by atoms with Crippen LogP contribution in [0, 0.1) is 6.92 Å². The summed E-state index contributed by atoms with van der Waals surface area (Å²) in [6, 6.07) is 11.6. The first kappa shape index (κ1) is 16.4. The van der Waals surface area contributed by atoms with E-state index < -0.39 is 0 Å². The van der Waals surface area contributed by atoms with Crippen LogP contribution in [0.4, 0.5) is 0 Å². The number of hydrogen-bond donors (Lipinski definition) is 0. The van der Waals surface area contributed by atoms with Crippen molar-refractivity contribution in [2.45, 2.75) is 32.1 Å². The molecule has 126 valence electrons. The van der Waals surface area contributed by atoms with Crippen LogP contribution in [0.15, 0.2) is 42.6 Å². The van der Waals surface area contributed by atoms with Crippen LogP contribution in [-0.4, -0.2) is 40.5 Å². The van der Waals surface area contributed by atoms with Crippen LogP contribution in [0.3, 0.4) is 0 Å². The maximum atomic E-state index is 12.4. The second kappa shape index (κ2) is 7.90. The molecule has 1 aromatic heterocycles. The molecule has 1 atom stereocenters. The lowest BCUT2D eigenvalue weighted by atomic mass is 9.94. The van der Waals surface area contributed by atoms with Crippen LogP contribution < -0.4 is 4.74 Å². The summed E-state index contributed by atoms with van der Waals surface area (Å²) in [5, 5.41) is 0. The van der Waals surface area contributed by atoms with E-state index in [0.717, 1.165) is 43.2 Å². The molecule has 5 heteroatoms. The summed E-state index contributed by atoms with van der Waals surface area (Å²) in [6.45, 7) is 3.87. The van der Waals surface area contributed by atoms with Crippen molar-refractivity contribution in [1.29, 1.82) is 0 Å². The normalized spacial score (nSPS) is 17.5. The van der Waals surface area contributed by atoms with Gasteiger partial charge in [-0.2, -0.15) is 0 Å². The second-order valence-electron chi connectivity index (χ2n) is 6.12. The van der Waals surface area contributed by atoms with E-state index in [4.69, 9.17) is 4.74 Å². The van der Waals surface area contributed by atoms with Gasteiger partial charge in [0.25, 0.3) is 0 Å². The fourth-order valence-electron chi connectivity index (χ4n) is 3.08. The van der Waals surface area contributed by atoms with Gasteiger partial charge in [0.15, 0.2) is 0 Å². The number of ether oxygens (including phenoxy) is 1. The average molecular weight is 325 g/mol. The molecular formula is C19H23N3O2. The van der Waals surface area contributed by atoms with E-state index in [0.29, 0.717) is 18.9 Å². The molecule has 0 saturated carbocycles. The third-order valence-corrected chi connectivity index (χ3v) is 4.32. The van der Waals surface area contributed by atoms with Crippen molar-refractivity contribution >= 4 is 5.91 Å². The summed E-state index contributed by atoms with van der Waals surface area (Å²) in [7, 11) is 0. The highest BCUT2D eigenvalue weighted by Gasteiger charge is 2.25. The van der Waals surface area contributed by atoms with Crippen LogP contribution >= 0.6 is 0 Å². The molecular weight excluding hydrogens is 302 g/mol. The van der Waals surface area contributed by atoms with E-state index in [-0.39, 0.29) is 5.91 Å². The number of aryl methyl sites for hydroxylation is 1. The lowest BCUT2D eigenvalue weighted by Crippen LogP contribution is -2.39.